The van der Waals surface area contributed by atoms with Crippen LogP contribution < -0.4 is 0 Å². The van der Waals surface area contributed by atoms with Crippen LogP contribution in [0, 0.1) is 0 Å². The predicted molar refractivity (Wildman–Crippen MR) is 106 cm³/mol. The predicted octanol–water partition coefficient (Wildman–Crippen LogP) is 4.24. The normalized spacial score (nSPS) is 20.4. The van der Waals surface area contributed by atoms with Gasteiger partial charge in [-0.15, -0.1) is 0 Å². The number of rotatable bonds is 4. The summed E-state index contributed by atoms with van der Waals surface area (Å²) >= 11 is 6.62. The Bertz CT molecular complexity index is 1040. The summed E-state index contributed by atoms with van der Waals surface area (Å²) in [6, 6.07) is 3.97. The lowest BCUT2D eigenvalue weighted by Crippen LogP contribution is -2.61. The van der Waals surface area contributed by atoms with Gasteiger partial charge < -0.3 is 4.74 Å². The molecule has 2 aromatic heterocycles. The van der Waals surface area contributed by atoms with Crippen molar-refractivity contribution in [3.8, 4) is 5.69 Å². The zero-order valence-electron chi connectivity index (χ0n) is 16.1. The molecule has 0 N–H and O–H groups in total. The van der Waals surface area contributed by atoms with E-state index in [0.29, 0.717) is 16.3 Å². The van der Waals surface area contributed by atoms with Gasteiger partial charge in [-0.2, -0.15) is 19.0 Å². The summed E-state index contributed by atoms with van der Waals surface area (Å²) in [6.07, 6.45) is 6.44. The topological polar surface area (TPSA) is 48.1 Å². The molecule has 4 heterocycles. The lowest BCUT2D eigenvalue weighted by molar-refractivity contribution is -0.136. The molecule has 0 bridgehead atoms. The first kappa shape index (κ1) is 19.0. The van der Waals surface area contributed by atoms with Gasteiger partial charge in [0, 0.05) is 10.4 Å². The molecule has 2 aliphatic heterocycles. The number of aromatic nitrogens is 4. The molecule has 0 radical (unpaired) electrons. The summed E-state index contributed by atoms with van der Waals surface area (Å²) in [7, 11) is 0. The molecule has 154 valence electrons. The molecule has 0 amide bonds. The lowest BCUT2D eigenvalue weighted by atomic mass is 9.86. The quantitative estimate of drug-likeness (QED) is 0.632. The van der Waals surface area contributed by atoms with Crippen molar-refractivity contribution in [3.05, 3.63) is 41.3 Å². The highest BCUT2D eigenvalue weighted by atomic mass is 35.5. The molecule has 0 unspecified atom stereocenters. The molecule has 0 aliphatic carbocycles. The second kappa shape index (κ2) is 7.04. The monoisotopic (exact) mass is 421 g/mol. The highest BCUT2D eigenvalue weighted by Gasteiger charge is 2.41. The summed E-state index contributed by atoms with van der Waals surface area (Å²) in [5.41, 5.74) is 2.61. The number of halogens is 3. The number of ether oxygens (including phenoxy) is 1. The number of alkyl halides is 2. The van der Waals surface area contributed by atoms with E-state index in [4.69, 9.17) is 16.3 Å². The lowest BCUT2D eigenvalue weighted by Gasteiger charge is -2.50. The van der Waals surface area contributed by atoms with Gasteiger partial charge in [-0.05, 0) is 56.5 Å². The van der Waals surface area contributed by atoms with Crippen molar-refractivity contribution in [3.63, 3.8) is 0 Å². The first-order chi connectivity index (χ1) is 13.9. The van der Waals surface area contributed by atoms with Crippen LogP contribution in [0.15, 0.2) is 30.7 Å². The molecule has 2 saturated heterocycles. The molecule has 0 spiro atoms. The molecule has 0 saturated carbocycles. The van der Waals surface area contributed by atoms with Crippen LogP contribution in [0.3, 0.4) is 0 Å². The summed E-state index contributed by atoms with van der Waals surface area (Å²) in [5.74, 6) is 0.361. The maximum absolute atomic E-state index is 12.9. The maximum Gasteiger partial charge on any atom is 0.333 e. The van der Waals surface area contributed by atoms with Crippen molar-refractivity contribution < 1.29 is 13.5 Å². The molecule has 0 atom stereocenters. The van der Waals surface area contributed by atoms with Gasteiger partial charge in [-0.25, -0.2) is 9.36 Å². The fraction of sp³-hybridized carbons (Fsp3) is 0.500. The van der Waals surface area contributed by atoms with Gasteiger partial charge >= 0.3 is 6.55 Å². The van der Waals surface area contributed by atoms with E-state index in [0.717, 1.165) is 60.6 Å². The molecule has 3 aromatic rings. The number of hydrogen-bond acceptors (Lipinski definition) is 4. The van der Waals surface area contributed by atoms with E-state index in [1.807, 2.05) is 6.07 Å². The zero-order valence-corrected chi connectivity index (χ0v) is 16.8. The fourth-order valence-corrected chi connectivity index (χ4v) is 4.76. The zero-order chi connectivity index (χ0) is 20.2. The van der Waals surface area contributed by atoms with Gasteiger partial charge in [-0.3, -0.25) is 4.90 Å². The van der Waals surface area contributed by atoms with Gasteiger partial charge in [0.2, 0.25) is 0 Å². The van der Waals surface area contributed by atoms with Crippen molar-refractivity contribution in [2.45, 2.75) is 37.8 Å². The third-order valence-corrected chi connectivity index (χ3v) is 6.57. The van der Waals surface area contributed by atoms with E-state index in [1.165, 1.54) is 12.4 Å². The standard InChI is InChI=1S/C20H22ClF2N5O/c1-20(11-29-12-20)26-4-2-13(3-5-26)16-7-18-14(6-17(16)21)8-25-28(18)15-9-24-27(10-15)19(22)23/h6-10,13,19H,2-5,11-12H2,1H3. The third-order valence-electron chi connectivity index (χ3n) is 6.24. The fourth-order valence-electron chi connectivity index (χ4n) is 4.44. The number of nitrogens with zero attached hydrogens (tertiary/aromatic N) is 5. The Morgan fingerprint density at radius 3 is 2.55 bits per heavy atom. The SMILES string of the molecule is CC1(N2CCC(c3cc4c(cnn4-c4cnn(C(F)F)c4)cc3Cl)CC2)COC1. The van der Waals surface area contributed by atoms with Gasteiger partial charge in [0.15, 0.2) is 0 Å². The van der Waals surface area contributed by atoms with Gasteiger partial charge in [0.1, 0.15) is 5.69 Å². The number of likely N-dealkylation sites (tertiary alicyclic amines) is 1. The summed E-state index contributed by atoms with van der Waals surface area (Å²) < 4.78 is 33.4. The largest absolute Gasteiger partial charge is 0.377 e. The molecular weight excluding hydrogens is 400 g/mol. The van der Waals surface area contributed by atoms with Crippen LogP contribution in [-0.2, 0) is 4.74 Å². The van der Waals surface area contributed by atoms with Crippen LogP contribution >= 0.6 is 11.6 Å². The number of benzene rings is 1. The van der Waals surface area contributed by atoms with Crippen molar-refractivity contribution in [2.24, 2.45) is 0 Å². The van der Waals surface area contributed by atoms with Crippen LogP contribution in [0.4, 0.5) is 8.78 Å². The molecule has 2 fully saturated rings. The highest BCUT2D eigenvalue weighted by Crippen LogP contribution is 2.38. The van der Waals surface area contributed by atoms with Crippen LogP contribution in [0.5, 0.6) is 0 Å². The minimum Gasteiger partial charge on any atom is -0.377 e. The first-order valence-corrected chi connectivity index (χ1v) is 10.1. The molecule has 9 heteroatoms. The van der Waals surface area contributed by atoms with Crippen molar-refractivity contribution in [1.82, 2.24) is 24.5 Å². The second-order valence-corrected chi connectivity index (χ2v) is 8.60. The first-order valence-electron chi connectivity index (χ1n) is 9.77. The minimum absolute atomic E-state index is 0.169. The molecular formula is C20H22ClF2N5O. The molecule has 2 aliphatic rings. The van der Waals surface area contributed by atoms with Gasteiger partial charge in [0.05, 0.1) is 42.9 Å². The van der Waals surface area contributed by atoms with Gasteiger partial charge in [-0.1, -0.05) is 11.6 Å². The van der Waals surface area contributed by atoms with E-state index in [9.17, 15) is 8.78 Å². The Morgan fingerprint density at radius 2 is 1.93 bits per heavy atom. The molecule has 1 aromatic carbocycles. The van der Waals surface area contributed by atoms with E-state index >= 15 is 0 Å². The van der Waals surface area contributed by atoms with Crippen molar-refractivity contribution in [1.29, 1.82) is 0 Å². The second-order valence-electron chi connectivity index (χ2n) is 8.20. The minimum atomic E-state index is -2.68. The van der Waals surface area contributed by atoms with E-state index < -0.39 is 6.55 Å². The van der Waals surface area contributed by atoms with Crippen LogP contribution in [0.2, 0.25) is 5.02 Å². The Morgan fingerprint density at radius 1 is 1.17 bits per heavy atom. The van der Waals surface area contributed by atoms with Crippen LogP contribution in [0.25, 0.3) is 16.6 Å². The van der Waals surface area contributed by atoms with Crippen LogP contribution in [-0.4, -0.2) is 56.3 Å². The molecule has 6 nitrogen and oxygen atoms in total. The summed E-state index contributed by atoms with van der Waals surface area (Å²) in [6.45, 7) is 3.21. The van der Waals surface area contributed by atoms with E-state index in [2.05, 4.69) is 28.1 Å². The number of piperidine rings is 1. The Hall–Kier alpha value is -2.03. The molecule has 5 rings (SSSR count). The van der Waals surface area contributed by atoms with Crippen molar-refractivity contribution >= 4 is 22.5 Å². The Balaban J connectivity index is 1.43. The molecule has 29 heavy (non-hydrogen) atoms. The third kappa shape index (κ3) is 3.23. The Kier molecular flexibility index (Phi) is 4.60. The average Bonchev–Trinajstić information content (AvgIpc) is 3.32. The summed E-state index contributed by atoms with van der Waals surface area (Å²) in [4.78, 5) is 2.52. The maximum atomic E-state index is 12.9. The smallest absolute Gasteiger partial charge is 0.333 e. The van der Waals surface area contributed by atoms with Crippen molar-refractivity contribution in [2.75, 3.05) is 26.3 Å². The van der Waals surface area contributed by atoms with Gasteiger partial charge in [0.25, 0.3) is 0 Å². The Labute approximate surface area is 172 Å². The number of hydrogen-bond donors (Lipinski definition) is 0. The van der Waals surface area contributed by atoms with Crippen LogP contribution in [0.1, 0.15) is 37.8 Å². The van der Waals surface area contributed by atoms with E-state index in [-0.39, 0.29) is 5.54 Å². The van der Waals surface area contributed by atoms with E-state index in [1.54, 1.807) is 10.9 Å². The highest BCUT2D eigenvalue weighted by molar-refractivity contribution is 6.32. The average molecular weight is 422 g/mol. The summed E-state index contributed by atoms with van der Waals surface area (Å²) in [5, 5.41) is 9.69. The number of fused-ring (bicyclic) bond motifs is 1.